The van der Waals surface area contributed by atoms with E-state index in [2.05, 4.69) is 12.2 Å². The van der Waals surface area contributed by atoms with Crippen LogP contribution in [0, 0.1) is 17.0 Å². The maximum absolute atomic E-state index is 13.8. The Bertz CT molecular complexity index is 500. The summed E-state index contributed by atoms with van der Waals surface area (Å²) < 4.78 is 32.9. The highest BCUT2D eigenvalue weighted by atomic mass is 19.2. The Balaban J connectivity index is 1.72. The number of ether oxygens (including phenoxy) is 1. The molecule has 1 aromatic carbocycles. The molecule has 2 saturated carbocycles. The molecule has 1 spiro atoms. The van der Waals surface area contributed by atoms with Gasteiger partial charge in [-0.3, -0.25) is 0 Å². The van der Waals surface area contributed by atoms with Gasteiger partial charge in [0.1, 0.15) is 6.10 Å². The molecule has 3 rings (SSSR count). The van der Waals surface area contributed by atoms with Crippen molar-refractivity contribution in [1.29, 1.82) is 0 Å². The van der Waals surface area contributed by atoms with E-state index in [4.69, 9.17) is 4.74 Å². The van der Waals surface area contributed by atoms with Gasteiger partial charge < -0.3 is 10.1 Å². The van der Waals surface area contributed by atoms with Crippen LogP contribution in [-0.4, -0.2) is 18.7 Å². The quantitative estimate of drug-likeness (QED) is 0.885. The molecular weight excluding hydrogens is 272 g/mol. The highest BCUT2D eigenvalue weighted by Crippen LogP contribution is 2.54. The Morgan fingerprint density at radius 1 is 1.29 bits per heavy atom. The molecule has 116 valence electrons. The smallest absolute Gasteiger partial charge is 0.200 e. The summed E-state index contributed by atoms with van der Waals surface area (Å²) in [6.07, 6.45) is 6.65. The molecule has 0 radical (unpaired) electrons. The first-order chi connectivity index (χ1) is 10.2. The lowest BCUT2D eigenvalue weighted by Gasteiger charge is -2.54. The van der Waals surface area contributed by atoms with E-state index in [0.717, 1.165) is 38.3 Å². The van der Waals surface area contributed by atoms with Crippen LogP contribution in [0.5, 0.6) is 5.75 Å². The van der Waals surface area contributed by atoms with Crippen LogP contribution >= 0.6 is 0 Å². The average molecular weight is 295 g/mol. The minimum Gasteiger partial charge on any atom is -0.487 e. The first-order valence-electron chi connectivity index (χ1n) is 8.01. The van der Waals surface area contributed by atoms with E-state index in [1.165, 1.54) is 25.0 Å². The molecule has 0 aromatic heterocycles. The Kier molecular flexibility index (Phi) is 4.16. The molecule has 4 heteroatoms. The standard InChI is InChI=1S/C17H23F2NO/c1-2-10-20-14-11-15(17(14)8-3-4-9-17)21-13-7-5-6-12(18)16(13)19/h5-7,14-15,20H,2-4,8-11H2,1H3. The van der Waals surface area contributed by atoms with Crippen molar-refractivity contribution in [1.82, 2.24) is 5.32 Å². The number of benzene rings is 1. The normalized spacial score (nSPS) is 26.8. The maximum Gasteiger partial charge on any atom is 0.200 e. The van der Waals surface area contributed by atoms with E-state index in [-0.39, 0.29) is 17.3 Å². The zero-order valence-electron chi connectivity index (χ0n) is 12.5. The van der Waals surface area contributed by atoms with Gasteiger partial charge >= 0.3 is 0 Å². The zero-order chi connectivity index (χ0) is 14.9. The van der Waals surface area contributed by atoms with Crippen molar-refractivity contribution in [2.45, 2.75) is 57.6 Å². The summed E-state index contributed by atoms with van der Waals surface area (Å²) >= 11 is 0. The number of hydrogen-bond donors (Lipinski definition) is 1. The predicted molar refractivity (Wildman–Crippen MR) is 78.4 cm³/mol. The molecule has 0 amide bonds. The van der Waals surface area contributed by atoms with Crippen molar-refractivity contribution in [3.05, 3.63) is 29.8 Å². The van der Waals surface area contributed by atoms with Crippen molar-refractivity contribution in [3.8, 4) is 5.75 Å². The fraction of sp³-hybridized carbons (Fsp3) is 0.647. The summed E-state index contributed by atoms with van der Waals surface area (Å²) in [4.78, 5) is 0. The molecule has 0 bridgehead atoms. The number of rotatable bonds is 5. The van der Waals surface area contributed by atoms with E-state index in [1.54, 1.807) is 0 Å². The Labute approximate surface area is 124 Å². The van der Waals surface area contributed by atoms with Gasteiger partial charge in [-0.15, -0.1) is 0 Å². The molecule has 2 fully saturated rings. The van der Waals surface area contributed by atoms with Crippen molar-refractivity contribution >= 4 is 0 Å². The lowest BCUT2D eigenvalue weighted by molar-refractivity contribution is -0.0776. The van der Waals surface area contributed by atoms with Crippen molar-refractivity contribution in [3.63, 3.8) is 0 Å². The molecule has 0 heterocycles. The average Bonchev–Trinajstić information content (AvgIpc) is 2.99. The van der Waals surface area contributed by atoms with E-state index in [1.807, 2.05) is 0 Å². The minimum absolute atomic E-state index is 0.00524. The van der Waals surface area contributed by atoms with Crippen LogP contribution in [0.2, 0.25) is 0 Å². The molecule has 0 saturated heterocycles. The minimum atomic E-state index is -0.865. The van der Waals surface area contributed by atoms with Gasteiger partial charge in [-0.25, -0.2) is 4.39 Å². The Morgan fingerprint density at radius 3 is 2.76 bits per heavy atom. The first kappa shape index (κ1) is 14.8. The summed E-state index contributed by atoms with van der Waals surface area (Å²) in [6.45, 7) is 3.16. The molecule has 21 heavy (non-hydrogen) atoms. The predicted octanol–water partition coefficient (Wildman–Crippen LogP) is 4.04. The molecule has 2 unspecified atom stereocenters. The second-order valence-corrected chi connectivity index (χ2v) is 6.34. The highest BCUT2D eigenvalue weighted by Gasteiger charge is 2.57. The highest BCUT2D eigenvalue weighted by molar-refractivity contribution is 5.26. The third-order valence-electron chi connectivity index (χ3n) is 5.15. The van der Waals surface area contributed by atoms with Crippen LogP contribution in [-0.2, 0) is 0 Å². The van der Waals surface area contributed by atoms with Crippen LogP contribution in [0.4, 0.5) is 8.78 Å². The summed E-state index contributed by atoms with van der Waals surface area (Å²) in [5.41, 5.74) is 0.119. The van der Waals surface area contributed by atoms with Gasteiger partial charge in [0, 0.05) is 17.9 Å². The van der Waals surface area contributed by atoms with E-state index in [0.29, 0.717) is 6.04 Å². The lowest BCUT2D eigenvalue weighted by atomic mass is 9.60. The third-order valence-corrected chi connectivity index (χ3v) is 5.15. The van der Waals surface area contributed by atoms with Gasteiger partial charge in [0.2, 0.25) is 5.82 Å². The molecular formula is C17H23F2NO. The van der Waals surface area contributed by atoms with Crippen LogP contribution in [0.3, 0.4) is 0 Å². The van der Waals surface area contributed by atoms with E-state index >= 15 is 0 Å². The second-order valence-electron chi connectivity index (χ2n) is 6.34. The van der Waals surface area contributed by atoms with Gasteiger partial charge in [0.05, 0.1) is 0 Å². The van der Waals surface area contributed by atoms with Gasteiger partial charge in [0.15, 0.2) is 11.6 Å². The molecule has 1 N–H and O–H groups in total. The van der Waals surface area contributed by atoms with Crippen LogP contribution in [0.1, 0.15) is 45.4 Å². The molecule has 1 aromatic rings. The second kappa shape index (κ2) is 5.91. The maximum atomic E-state index is 13.8. The Morgan fingerprint density at radius 2 is 2.05 bits per heavy atom. The lowest BCUT2D eigenvalue weighted by Crippen LogP contribution is -2.63. The topological polar surface area (TPSA) is 21.3 Å². The van der Waals surface area contributed by atoms with E-state index < -0.39 is 11.6 Å². The van der Waals surface area contributed by atoms with Crippen molar-refractivity contribution in [2.24, 2.45) is 5.41 Å². The monoisotopic (exact) mass is 295 g/mol. The zero-order valence-corrected chi connectivity index (χ0v) is 12.5. The van der Waals surface area contributed by atoms with Gasteiger partial charge in [-0.1, -0.05) is 25.8 Å². The van der Waals surface area contributed by atoms with Gasteiger partial charge in [0.25, 0.3) is 0 Å². The fourth-order valence-corrected chi connectivity index (χ4v) is 3.95. The van der Waals surface area contributed by atoms with Crippen molar-refractivity contribution < 1.29 is 13.5 Å². The molecule has 2 nitrogen and oxygen atoms in total. The summed E-state index contributed by atoms with van der Waals surface area (Å²) in [5, 5.41) is 3.60. The van der Waals surface area contributed by atoms with Gasteiger partial charge in [-0.2, -0.15) is 4.39 Å². The molecule has 2 aliphatic carbocycles. The molecule has 2 atom stereocenters. The van der Waals surface area contributed by atoms with Crippen LogP contribution in [0.15, 0.2) is 18.2 Å². The van der Waals surface area contributed by atoms with Crippen molar-refractivity contribution in [2.75, 3.05) is 6.54 Å². The first-order valence-corrected chi connectivity index (χ1v) is 8.01. The molecule has 2 aliphatic rings. The summed E-state index contributed by atoms with van der Waals surface area (Å²) in [5.74, 6) is -1.65. The summed E-state index contributed by atoms with van der Waals surface area (Å²) in [7, 11) is 0. The summed E-state index contributed by atoms with van der Waals surface area (Å²) in [6, 6.07) is 4.61. The van der Waals surface area contributed by atoms with Crippen LogP contribution < -0.4 is 10.1 Å². The SMILES string of the molecule is CCCNC1CC(Oc2cccc(F)c2F)C12CCCC2. The Hall–Kier alpha value is -1.16. The third kappa shape index (κ3) is 2.54. The number of nitrogens with one attached hydrogen (secondary N) is 1. The van der Waals surface area contributed by atoms with Crippen LogP contribution in [0.25, 0.3) is 0 Å². The van der Waals surface area contributed by atoms with Gasteiger partial charge in [-0.05, 0) is 37.9 Å². The number of hydrogen-bond acceptors (Lipinski definition) is 2. The van der Waals surface area contributed by atoms with E-state index in [9.17, 15) is 8.78 Å². The number of halogens is 2. The molecule has 0 aliphatic heterocycles. The fourth-order valence-electron chi connectivity index (χ4n) is 3.95. The largest absolute Gasteiger partial charge is 0.487 e.